The van der Waals surface area contributed by atoms with Crippen LogP contribution in [0.1, 0.15) is 0 Å². The lowest BCUT2D eigenvalue weighted by Gasteiger charge is -2.05. The van der Waals surface area contributed by atoms with Gasteiger partial charge >= 0.3 is 0 Å². The highest BCUT2D eigenvalue weighted by Crippen LogP contribution is 2.37. The molecule has 0 fully saturated rings. The topological polar surface area (TPSA) is 65.6 Å². The van der Waals surface area contributed by atoms with Gasteiger partial charge in [-0.1, -0.05) is 18.2 Å². The Labute approximate surface area is 103 Å². The molecule has 0 aliphatic rings. The minimum absolute atomic E-state index is 0.00416. The van der Waals surface area contributed by atoms with Gasteiger partial charge in [-0.25, -0.2) is 0 Å². The molecular formula is C14H13NO3. The second-order valence-corrected chi connectivity index (χ2v) is 4.25. The maximum Gasteiger partial charge on any atom is 0.129 e. The number of hydrogen-bond acceptors (Lipinski definition) is 3. The number of benzene rings is 2. The number of fused-ring (bicyclic) bond motifs is 3. The highest BCUT2D eigenvalue weighted by molar-refractivity contribution is 6.11. The molecule has 3 aromatic rings. The second kappa shape index (κ2) is 3.92. The van der Waals surface area contributed by atoms with Crippen molar-refractivity contribution in [2.24, 2.45) is 0 Å². The third-order valence-electron chi connectivity index (χ3n) is 3.16. The number of aliphatic hydroxyl groups excluding tert-OH is 1. The summed E-state index contributed by atoms with van der Waals surface area (Å²) in [6.07, 6.45) is 0. The van der Waals surface area contributed by atoms with Crippen LogP contribution in [0.3, 0.4) is 0 Å². The van der Waals surface area contributed by atoms with Crippen molar-refractivity contribution >= 4 is 21.8 Å². The van der Waals surface area contributed by atoms with Gasteiger partial charge in [-0.05, 0) is 6.07 Å². The molecule has 0 aliphatic carbocycles. The number of phenols is 2. The first-order valence-electron chi connectivity index (χ1n) is 5.76. The fourth-order valence-corrected chi connectivity index (χ4v) is 2.48. The van der Waals surface area contributed by atoms with Crippen LogP contribution in [0, 0.1) is 0 Å². The summed E-state index contributed by atoms with van der Waals surface area (Å²) in [4.78, 5) is 0. The summed E-state index contributed by atoms with van der Waals surface area (Å²) in [5, 5.41) is 30.4. The number of aromatic hydroxyl groups is 2. The molecule has 0 amide bonds. The number of nitrogens with zero attached hydrogens (tertiary/aromatic N) is 1. The van der Waals surface area contributed by atoms with Gasteiger partial charge in [0.05, 0.1) is 12.1 Å². The largest absolute Gasteiger partial charge is 0.508 e. The number of phenolic OH excluding ortho intramolecular Hbond substituents is 2. The molecule has 3 N–H and O–H groups in total. The van der Waals surface area contributed by atoms with E-state index in [0.717, 1.165) is 16.4 Å². The van der Waals surface area contributed by atoms with Gasteiger partial charge in [-0.3, -0.25) is 0 Å². The first-order valence-corrected chi connectivity index (χ1v) is 5.76. The van der Waals surface area contributed by atoms with Gasteiger partial charge in [-0.2, -0.15) is 0 Å². The van der Waals surface area contributed by atoms with Crippen molar-refractivity contribution in [2.45, 2.75) is 6.54 Å². The maximum absolute atomic E-state index is 10.00. The summed E-state index contributed by atoms with van der Waals surface area (Å²) in [6, 6.07) is 10.6. The van der Waals surface area contributed by atoms with E-state index in [0.29, 0.717) is 11.9 Å². The molecule has 18 heavy (non-hydrogen) atoms. The molecule has 0 radical (unpaired) electrons. The zero-order chi connectivity index (χ0) is 12.7. The molecule has 4 nitrogen and oxygen atoms in total. The molecule has 2 aromatic carbocycles. The average molecular weight is 243 g/mol. The number of aliphatic hydroxyl groups is 1. The molecule has 1 heterocycles. The summed E-state index contributed by atoms with van der Waals surface area (Å²) in [7, 11) is 0. The van der Waals surface area contributed by atoms with E-state index in [4.69, 9.17) is 5.11 Å². The minimum atomic E-state index is 0.00416. The number of para-hydroxylation sites is 1. The average Bonchev–Trinajstić information content (AvgIpc) is 2.65. The van der Waals surface area contributed by atoms with Crippen molar-refractivity contribution < 1.29 is 15.3 Å². The van der Waals surface area contributed by atoms with Crippen LogP contribution in [0.2, 0.25) is 0 Å². The van der Waals surface area contributed by atoms with E-state index in [1.165, 1.54) is 6.07 Å². The molecule has 0 unspecified atom stereocenters. The van der Waals surface area contributed by atoms with Gasteiger partial charge < -0.3 is 19.9 Å². The van der Waals surface area contributed by atoms with Crippen LogP contribution < -0.4 is 0 Å². The molecule has 92 valence electrons. The fourth-order valence-electron chi connectivity index (χ4n) is 2.48. The molecule has 3 rings (SSSR count). The highest BCUT2D eigenvalue weighted by atomic mass is 16.3. The summed E-state index contributed by atoms with van der Waals surface area (Å²) in [5.41, 5.74) is 1.66. The maximum atomic E-state index is 10.00. The van der Waals surface area contributed by atoms with Crippen LogP contribution in [0.5, 0.6) is 11.5 Å². The molecule has 0 saturated carbocycles. The van der Waals surface area contributed by atoms with Gasteiger partial charge in [0.15, 0.2) is 0 Å². The van der Waals surface area contributed by atoms with Crippen molar-refractivity contribution in [3.63, 3.8) is 0 Å². The standard InChI is InChI=1S/C14H13NO3/c16-6-5-15-11-4-2-1-3-10(11)14-12(15)7-9(17)8-13(14)18/h1-4,7-8,16-18H,5-6H2. The van der Waals surface area contributed by atoms with Crippen LogP contribution in [-0.2, 0) is 6.54 Å². The molecule has 4 heteroatoms. The van der Waals surface area contributed by atoms with Crippen molar-refractivity contribution in [1.82, 2.24) is 4.57 Å². The van der Waals surface area contributed by atoms with E-state index in [-0.39, 0.29) is 18.1 Å². The normalized spacial score (nSPS) is 11.4. The van der Waals surface area contributed by atoms with E-state index in [9.17, 15) is 10.2 Å². The Morgan fingerprint density at radius 3 is 2.56 bits per heavy atom. The molecule has 0 aliphatic heterocycles. The Hall–Kier alpha value is -2.20. The van der Waals surface area contributed by atoms with Gasteiger partial charge in [0, 0.05) is 35.0 Å². The van der Waals surface area contributed by atoms with Crippen LogP contribution in [-0.4, -0.2) is 26.5 Å². The van der Waals surface area contributed by atoms with Crippen molar-refractivity contribution in [3.8, 4) is 11.5 Å². The second-order valence-electron chi connectivity index (χ2n) is 4.25. The predicted octanol–water partition coefficient (Wildman–Crippen LogP) is 2.20. The molecule has 0 atom stereocenters. The minimum Gasteiger partial charge on any atom is -0.508 e. The molecule has 0 saturated heterocycles. The monoisotopic (exact) mass is 243 g/mol. The van der Waals surface area contributed by atoms with Crippen LogP contribution in [0.25, 0.3) is 21.8 Å². The summed E-state index contributed by atoms with van der Waals surface area (Å²) in [6.45, 7) is 0.428. The first kappa shape index (κ1) is 10.9. The van der Waals surface area contributed by atoms with Gasteiger partial charge in [-0.15, -0.1) is 0 Å². The Bertz CT molecular complexity index is 731. The van der Waals surface area contributed by atoms with Gasteiger partial charge in [0.1, 0.15) is 11.5 Å². The van der Waals surface area contributed by atoms with Crippen molar-refractivity contribution in [3.05, 3.63) is 36.4 Å². The fraction of sp³-hybridized carbons (Fsp3) is 0.143. The third-order valence-corrected chi connectivity index (χ3v) is 3.16. The van der Waals surface area contributed by atoms with E-state index in [1.807, 2.05) is 28.8 Å². The van der Waals surface area contributed by atoms with Crippen molar-refractivity contribution in [1.29, 1.82) is 0 Å². The summed E-state index contributed by atoms with van der Waals surface area (Å²) < 4.78 is 1.89. The smallest absolute Gasteiger partial charge is 0.129 e. The molecule has 0 spiro atoms. The van der Waals surface area contributed by atoms with E-state index in [2.05, 4.69) is 0 Å². The van der Waals surface area contributed by atoms with Crippen LogP contribution >= 0.6 is 0 Å². The van der Waals surface area contributed by atoms with E-state index < -0.39 is 0 Å². The van der Waals surface area contributed by atoms with Gasteiger partial charge in [0.2, 0.25) is 0 Å². The third kappa shape index (κ3) is 1.43. The Morgan fingerprint density at radius 2 is 1.78 bits per heavy atom. The Morgan fingerprint density at radius 1 is 1.00 bits per heavy atom. The number of aromatic nitrogens is 1. The van der Waals surface area contributed by atoms with Crippen LogP contribution in [0.4, 0.5) is 0 Å². The lowest BCUT2D eigenvalue weighted by Crippen LogP contribution is -2.01. The summed E-state index contributed by atoms with van der Waals surface area (Å²) in [5.74, 6) is 0.0693. The highest BCUT2D eigenvalue weighted by Gasteiger charge is 2.14. The number of rotatable bonds is 2. The SMILES string of the molecule is OCCn1c2ccccc2c2c(O)cc(O)cc21. The van der Waals surface area contributed by atoms with E-state index in [1.54, 1.807) is 6.07 Å². The van der Waals surface area contributed by atoms with E-state index >= 15 is 0 Å². The molecule has 1 aromatic heterocycles. The first-order chi connectivity index (χ1) is 8.72. The predicted molar refractivity (Wildman–Crippen MR) is 69.9 cm³/mol. The van der Waals surface area contributed by atoms with Gasteiger partial charge in [0.25, 0.3) is 0 Å². The quantitative estimate of drug-likeness (QED) is 0.646. The zero-order valence-electron chi connectivity index (χ0n) is 9.67. The molecule has 0 bridgehead atoms. The lowest BCUT2D eigenvalue weighted by atomic mass is 10.1. The zero-order valence-corrected chi connectivity index (χ0v) is 9.67. The van der Waals surface area contributed by atoms with Crippen molar-refractivity contribution in [2.75, 3.05) is 6.61 Å². The lowest BCUT2D eigenvalue weighted by molar-refractivity contribution is 0.280. The number of hydrogen-bond donors (Lipinski definition) is 3. The molecular weight excluding hydrogens is 230 g/mol. The summed E-state index contributed by atoms with van der Waals surface area (Å²) >= 11 is 0. The Balaban J connectivity index is 2.53. The Kier molecular flexibility index (Phi) is 2.38. The van der Waals surface area contributed by atoms with Crippen LogP contribution in [0.15, 0.2) is 36.4 Å².